The lowest BCUT2D eigenvalue weighted by Gasteiger charge is -2.31. The number of methoxy groups -OCH3 is 2. The number of ether oxygens (including phenoxy) is 3. The Kier molecular flexibility index (Phi) is 5.64. The number of hydrogen-bond acceptors (Lipinski definition) is 5. The van der Waals surface area contributed by atoms with Crippen molar-refractivity contribution in [3.05, 3.63) is 53.6 Å². The predicted octanol–water partition coefficient (Wildman–Crippen LogP) is 3.23. The molecule has 27 heavy (non-hydrogen) atoms. The smallest absolute Gasteiger partial charge is 0.337 e. The van der Waals surface area contributed by atoms with Gasteiger partial charge in [0.25, 0.3) is 5.91 Å². The SMILES string of the molecule is COC(=O)c1ccc(OC(C)C(=O)N2CCCc3ccccc32)c(OC)c1. The summed E-state index contributed by atoms with van der Waals surface area (Å²) in [6, 6.07) is 12.7. The van der Waals surface area contributed by atoms with Gasteiger partial charge >= 0.3 is 5.97 Å². The Bertz CT molecular complexity index is 848. The molecular weight excluding hydrogens is 346 g/mol. The van der Waals surface area contributed by atoms with E-state index >= 15 is 0 Å². The van der Waals surface area contributed by atoms with Crippen molar-refractivity contribution in [2.24, 2.45) is 0 Å². The molecule has 0 spiro atoms. The van der Waals surface area contributed by atoms with Gasteiger partial charge in [0.05, 0.1) is 19.8 Å². The topological polar surface area (TPSA) is 65.1 Å². The Hall–Kier alpha value is -3.02. The van der Waals surface area contributed by atoms with Gasteiger partial charge in [0.2, 0.25) is 0 Å². The van der Waals surface area contributed by atoms with E-state index in [2.05, 4.69) is 6.07 Å². The Balaban J connectivity index is 1.78. The van der Waals surface area contributed by atoms with E-state index in [1.807, 2.05) is 18.2 Å². The summed E-state index contributed by atoms with van der Waals surface area (Å²) >= 11 is 0. The third-order valence-corrected chi connectivity index (χ3v) is 4.61. The van der Waals surface area contributed by atoms with E-state index in [-0.39, 0.29) is 5.91 Å². The minimum Gasteiger partial charge on any atom is -0.493 e. The largest absolute Gasteiger partial charge is 0.493 e. The number of nitrogens with zero attached hydrogens (tertiary/aromatic N) is 1. The number of hydrogen-bond donors (Lipinski definition) is 0. The first kappa shape index (κ1) is 18.8. The number of fused-ring (bicyclic) bond motifs is 1. The monoisotopic (exact) mass is 369 g/mol. The third kappa shape index (κ3) is 3.89. The van der Waals surface area contributed by atoms with Gasteiger partial charge < -0.3 is 19.1 Å². The number of carbonyl (C=O) groups excluding carboxylic acids is 2. The molecule has 1 unspecified atom stereocenters. The highest BCUT2D eigenvalue weighted by atomic mass is 16.5. The Labute approximate surface area is 158 Å². The summed E-state index contributed by atoms with van der Waals surface area (Å²) < 4.78 is 15.9. The van der Waals surface area contributed by atoms with Gasteiger partial charge in [-0.3, -0.25) is 4.79 Å². The molecule has 6 heteroatoms. The molecule has 1 aliphatic rings. The molecule has 0 aromatic heterocycles. The molecule has 0 radical (unpaired) electrons. The Morgan fingerprint density at radius 1 is 1.07 bits per heavy atom. The summed E-state index contributed by atoms with van der Waals surface area (Å²) in [6.45, 7) is 2.38. The van der Waals surface area contributed by atoms with E-state index in [0.717, 1.165) is 18.5 Å². The van der Waals surface area contributed by atoms with E-state index in [0.29, 0.717) is 23.6 Å². The maximum absolute atomic E-state index is 13.0. The van der Waals surface area contributed by atoms with Gasteiger partial charge in [-0.05, 0) is 49.6 Å². The van der Waals surface area contributed by atoms with E-state index in [1.54, 1.807) is 24.0 Å². The van der Waals surface area contributed by atoms with Crippen LogP contribution in [0.2, 0.25) is 0 Å². The molecule has 1 amide bonds. The summed E-state index contributed by atoms with van der Waals surface area (Å²) in [4.78, 5) is 26.4. The third-order valence-electron chi connectivity index (χ3n) is 4.61. The predicted molar refractivity (Wildman–Crippen MR) is 102 cm³/mol. The van der Waals surface area contributed by atoms with Crippen LogP contribution < -0.4 is 14.4 Å². The van der Waals surface area contributed by atoms with Crippen LogP contribution in [0, 0.1) is 0 Å². The first-order chi connectivity index (χ1) is 13.0. The standard InChI is InChI=1S/C21H23NO5/c1-14(20(23)22-12-6-8-15-7-4-5-9-17(15)22)27-18-11-10-16(21(24)26-3)13-19(18)25-2/h4-5,7,9-11,13-14H,6,8,12H2,1-3H3. The number of amides is 1. The molecule has 142 valence electrons. The quantitative estimate of drug-likeness (QED) is 0.757. The van der Waals surface area contributed by atoms with E-state index in [9.17, 15) is 9.59 Å². The molecule has 1 aliphatic heterocycles. The van der Waals surface area contributed by atoms with Crippen molar-refractivity contribution in [3.8, 4) is 11.5 Å². The molecule has 0 bridgehead atoms. The summed E-state index contributed by atoms with van der Waals surface area (Å²) in [7, 11) is 2.80. The van der Waals surface area contributed by atoms with Crippen LogP contribution in [0.4, 0.5) is 5.69 Å². The van der Waals surface area contributed by atoms with Crippen molar-refractivity contribution in [1.82, 2.24) is 0 Å². The van der Waals surface area contributed by atoms with E-state index in [1.165, 1.54) is 25.8 Å². The van der Waals surface area contributed by atoms with Crippen LogP contribution in [0.5, 0.6) is 11.5 Å². The second-order valence-electron chi connectivity index (χ2n) is 6.34. The van der Waals surface area contributed by atoms with Crippen molar-refractivity contribution in [2.75, 3.05) is 25.7 Å². The van der Waals surface area contributed by atoms with Gasteiger partial charge in [-0.25, -0.2) is 4.79 Å². The fraction of sp³-hybridized carbons (Fsp3) is 0.333. The van der Waals surface area contributed by atoms with Crippen molar-refractivity contribution in [1.29, 1.82) is 0 Å². The van der Waals surface area contributed by atoms with Crippen LogP contribution >= 0.6 is 0 Å². The number of carbonyl (C=O) groups is 2. The zero-order chi connectivity index (χ0) is 19.4. The van der Waals surface area contributed by atoms with Crippen LogP contribution in [0.15, 0.2) is 42.5 Å². The molecule has 0 saturated carbocycles. The van der Waals surface area contributed by atoms with Crippen LogP contribution in [0.25, 0.3) is 0 Å². The van der Waals surface area contributed by atoms with Gasteiger partial charge in [0, 0.05) is 12.2 Å². The normalized spacial score (nSPS) is 14.1. The van der Waals surface area contributed by atoms with Crippen molar-refractivity contribution < 1.29 is 23.8 Å². The molecule has 1 atom stereocenters. The van der Waals surface area contributed by atoms with Crippen LogP contribution in [-0.4, -0.2) is 38.7 Å². The van der Waals surface area contributed by atoms with E-state index < -0.39 is 12.1 Å². The minimum absolute atomic E-state index is 0.110. The molecule has 1 heterocycles. The molecule has 6 nitrogen and oxygen atoms in total. The fourth-order valence-corrected chi connectivity index (χ4v) is 3.23. The maximum atomic E-state index is 13.0. The van der Waals surface area contributed by atoms with Gasteiger partial charge in [-0.15, -0.1) is 0 Å². The number of aryl methyl sites for hydroxylation is 1. The summed E-state index contributed by atoms with van der Waals surface area (Å²) in [5.74, 6) is 0.197. The molecular formula is C21H23NO5. The van der Waals surface area contributed by atoms with Gasteiger partial charge in [0.15, 0.2) is 17.6 Å². The van der Waals surface area contributed by atoms with Crippen molar-refractivity contribution >= 4 is 17.6 Å². The molecule has 0 N–H and O–H groups in total. The first-order valence-corrected chi connectivity index (χ1v) is 8.87. The van der Waals surface area contributed by atoms with Gasteiger partial charge in [-0.2, -0.15) is 0 Å². The van der Waals surface area contributed by atoms with Crippen LogP contribution in [0.1, 0.15) is 29.3 Å². The maximum Gasteiger partial charge on any atom is 0.337 e. The molecule has 2 aromatic carbocycles. The Morgan fingerprint density at radius 3 is 2.59 bits per heavy atom. The lowest BCUT2D eigenvalue weighted by molar-refractivity contribution is -0.124. The summed E-state index contributed by atoms with van der Waals surface area (Å²) in [5, 5.41) is 0. The zero-order valence-electron chi connectivity index (χ0n) is 15.7. The second kappa shape index (κ2) is 8.12. The highest BCUT2D eigenvalue weighted by molar-refractivity contribution is 5.97. The first-order valence-electron chi connectivity index (χ1n) is 8.87. The number of esters is 1. The average molecular weight is 369 g/mol. The van der Waals surface area contributed by atoms with E-state index in [4.69, 9.17) is 14.2 Å². The lowest BCUT2D eigenvalue weighted by atomic mass is 10.0. The highest BCUT2D eigenvalue weighted by Crippen LogP contribution is 2.31. The van der Waals surface area contributed by atoms with Crippen LogP contribution in [0.3, 0.4) is 0 Å². The minimum atomic E-state index is -0.700. The Morgan fingerprint density at radius 2 is 1.85 bits per heavy atom. The van der Waals surface area contributed by atoms with Crippen LogP contribution in [-0.2, 0) is 16.0 Å². The summed E-state index contributed by atoms with van der Waals surface area (Å²) in [6.07, 6.45) is 1.19. The fourth-order valence-electron chi connectivity index (χ4n) is 3.23. The molecule has 2 aromatic rings. The second-order valence-corrected chi connectivity index (χ2v) is 6.34. The van der Waals surface area contributed by atoms with Gasteiger partial charge in [0.1, 0.15) is 0 Å². The molecule has 0 aliphatic carbocycles. The van der Waals surface area contributed by atoms with Crippen molar-refractivity contribution in [3.63, 3.8) is 0 Å². The number of benzene rings is 2. The summed E-state index contributed by atoms with van der Waals surface area (Å²) in [5.41, 5.74) is 2.46. The van der Waals surface area contributed by atoms with Crippen molar-refractivity contribution in [2.45, 2.75) is 25.9 Å². The number of anilines is 1. The molecule has 0 saturated heterocycles. The average Bonchev–Trinajstić information content (AvgIpc) is 2.72. The lowest BCUT2D eigenvalue weighted by Crippen LogP contribution is -2.43. The number of rotatable bonds is 5. The highest BCUT2D eigenvalue weighted by Gasteiger charge is 2.28. The van der Waals surface area contributed by atoms with Gasteiger partial charge in [-0.1, -0.05) is 18.2 Å². The number of para-hydroxylation sites is 1. The molecule has 3 rings (SSSR count). The zero-order valence-corrected chi connectivity index (χ0v) is 15.7. The molecule has 0 fully saturated rings.